The van der Waals surface area contributed by atoms with Crippen LogP contribution >= 0.6 is 22.9 Å². The van der Waals surface area contributed by atoms with E-state index in [9.17, 15) is 9.18 Å². The smallest absolute Gasteiger partial charge is 0.348 e. The van der Waals surface area contributed by atoms with Crippen LogP contribution in [0.25, 0.3) is 10.3 Å². The van der Waals surface area contributed by atoms with Gasteiger partial charge < -0.3 is 23.7 Å². The number of hydrogen-bond donors (Lipinski definition) is 0. The van der Waals surface area contributed by atoms with E-state index in [0.717, 1.165) is 67.7 Å². The Balaban J connectivity index is 1.09. The van der Waals surface area contributed by atoms with Gasteiger partial charge in [-0.3, -0.25) is 4.90 Å². The summed E-state index contributed by atoms with van der Waals surface area (Å²) in [6.07, 6.45) is 1.20. The lowest BCUT2D eigenvalue weighted by Crippen LogP contribution is -2.46. The zero-order chi connectivity index (χ0) is 28.3. The predicted molar refractivity (Wildman–Crippen MR) is 155 cm³/mol. The Bertz CT molecular complexity index is 1530. The second-order valence-electron chi connectivity index (χ2n) is 10.1. The van der Waals surface area contributed by atoms with Gasteiger partial charge in [0.2, 0.25) is 5.88 Å². The highest BCUT2D eigenvalue weighted by molar-refractivity contribution is 7.20. The van der Waals surface area contributed by atoms with Crippen LogP contribution in [0.2, 0.25) is 5.02 Å². The standard InChI is InChI=1S/C29H31ClFN5O4S/c1-2-38-29(37)24-15-23-28(41-24)33-26(36(23)16-21-8-13-39-21)17-34-9-11-35(12-10-34)25-4-3-5-27(32-25)40-18-19-6-7-20(30)14-22(19)31/h3-7,14-15,21H,2,8-13,16-18H2,1H3. The van der Waals surface area contributed by atoms with Crippen molar-refractivity contribution in [2.75, 3.05) is 44.3 Å². The molecular formula is C29H31ClFN5O4S. The van der Waals surface area contributed by atoms with Crippen molar-refractivity contribution >= 4 is 45.1 Å². The molecule has 0 saturated carbocycles. The molecule has 41 heavy (non-hydrogen) atoms. The Hall–Kier alpha value is -3.25. The number of anilines is 1. The third-order valence-corrected chi connectivity index (χ3v) is 8.58. The Morgan fingerprint density at radius 3 is 2.73 bits per heavy atom. The first-order valence-electron chi connectivity index (χ1n) is 13.8. The SMILES string of the molecule is CCOC(=O)c1cc2c(nc(CN3CCN(c4cccc(OCc5ccc(Cl)cc5F)n4)CC3)n2CC2CCO2)s1. The molecule has 5 heterocycles. The van der Waals surface area contributed by atoms with E-state index < -0.39 is 5.82 Å². The van der Waals surface area contributed by atoms with E-state index in [2.05, 4.69) is 19.4 Å². The molecule has 2 aliphatic rings. The number of fused-ring (bicyclic) bond motifs is 1. The maximum absolute atomic E-state index is 14.1. The number of ether oxygens (including phenoxy) is 3. The van der Waals surface area contributed by atoms with Crippen molar-refractivity contribution in [2.45, 2.75) is 39.1 Å². The minimum Gasteiger partial charge on any atom is -0.473 e. The van der Waals surface area contributed by atoms with Gasteiger partial charge in [-0.15, -0.1) is 11.3 Å². The number of nitrogens with zero attached hydrogens (tertiary/aromatic N) is 5. The molecule has 1 unspecified atom stereocenters. The number of piperazine rings is 1. The molecule has 0 radical (unpaired) electrons. The van der Waals surface area contributed by atoms with Crippen LogP contribution < -0.4 is 9.64 Å². The van der Waals surface area contributed by atoms with Crippen molar-refractivity contribution in [2.24, 2.45) is 0 Å². The monoisotopic (exact) mass is 599 g/mol. The number of benzene rings is 1. The average Bonchev–Trinajstić information content (AvgIpc) is 3.49. The number of carbonyl (C=O) groups is 1. The molecule has 2 saturated heterocycles. The van der Waals surface area contributed by atoms with Crippen LogP contribution in [0.1, 0.15) is 34.4 Å². The molecule has 4 aromatic rings. The van der Waals surface area contributed by atoms with E-state index in [4.69, 9.17) is 30.8 Å². The maximum Gasteiger partial charge on any atom is 0.348 e. The molecule has 3 aromatic heterocycles. The van der Waals surface area contributed by atoms with Crippen LogP contribution in [0.4, 0.5) is 10.2 Å². The molecule has 2 fully saturated rings. The van der Waals surface area contributed by atoms with Crippen LogP contribution in [0.5, 0.6) is 5.88 Å². The Labute approximate surface area is 246 Å². The molecule has 0 spiro atoms. The minimum absolute atomic E-state index is 0.0739. The van der Waals surface area contributed by atoms with Gasteiger partial charge >= 0.3 is 5.97 Å². The molecule has 6 rings (SSSR count). The summed E-state index contributed by atoms with van der Waals surface area (Å²) >= 11 is 7.22. The van der Waals surface area contributed by atoms with Crippen LogP contribution in [-0.2, 0) is 29.2 Å². The van der Waals surface area contributed by atoms with Gasteiger partial charge in [-0.2, -0.15) is 4.98 Å². The second kappa shape index (κ2) is 12.3. The molecular weight excluding hydrogens is 569 g/mol. The number of thiophene rings is 1. The fourth-order valence-corrected chi connectivity index (χ4v) is 6.11. The molecule has 12 heteroatoms. The molecule has 0 N–H and O–H groups in total. The summed E-state index contributed by atoms with van der Waals surface area (Å²) in [7, 11) is 0. The fraction of sp³-hybridized carbons (Fsp3) is 0.414. The predicted octanol–water partition coefficient (Wildman–Crippen LogP) is 5.15. The van der Waals surface area contributed by atoms with Crippen molar-refractivity contribution in [1.82, 2.24) is 19.4 Å². The summed E-state index contributed by atoms with van der Waals surface area (Å²) in [5, 5.41) is 0.352. The number of imidazole rings is 1. The number of esters is 1. The van der Waals surface area contributed by atoms with Crippen molar-refractivity contribution in [3.8, 4) is 5.88 Å². The highest BCUT2D eigenvalue weighted by atomic mass is 35.5. The van der Waals surface area contributed by atoms with Crippen LogP contribution in [0.15, 0.2) is 42.5 Å². The third-order valence-electron chi connectivity index (χ3n) is 7.34. The van der Waals surface area contributed by atoms with E-state index in [-0.39, 0.29) is 18.7 Å². The maximum atomic E-state index is 14.1. The van der Waals surface area contributed by atoms with Gasteiger partial charge in [0.05, 0.1) is 31.3 Å². The highest BCUT2D eigenvalue weighted by Crippen LogP contribution is 2.30. The van der Waals surface area contributed by atoms with E-state index in [1.54, 1.807) is 25.1 Å². The molecule has 216 valence electrons. The molecule has 1 aromatic carbocycles. The summed E-state index contributed by atoms with van der Waals surface area (Å²) < 4.78 is 33.0. The van der Waals surface area contributed by atoms with E-state index in [1.165, 1.54) is 17.4 Å². The van der Waals surface area contributed by atoms with Gasteiger partial charge in [0.1, 0.15) is 33.8 Å². The number of hydrogen-bond acceptors (Lipinski definition) is 9. The van der Waals surface area contributed by atoms with Gasteiger partial charge in [0.25, 0.3) is 0 Å². The summed E-state index contributed by atoms with van der Waals surface area (Å²) in [6.45, 7) is 7.74. The molecule has 1 atom stereocenters. The molecule has 0 bridgehead atoms. The van der Waals surface area contributed by atoms with Crippen molar-refractivity contribution in [1.29, 1.82) is 0 Å². The molecule has 2 aliphatic heterocycles. The van der Waals surface area contributed by atoms with Gasteiger partial charge in [-0.1, -0.05) is 23.7 Å². The third kappa shape index (κ3) is 6.33. The van der Waals surface area contributed by atoms with E-state index in [0.29, 0.717) is 34.5 Å². The van der Waals surface area contributed by atoms with Gasteiger partial charge in [-0.05, 0) is 37.6 Å². The normalized spacial score (nSPS) is 17.5. The Morgan fingerprint density at radius 2 is 2.00 bits per heavy atom. The number of pyridine rings is 1. The van der Waals surface area contributed by atoms with Gasteiger partial charge in [0, 0.05) is 49.4 Å². The fourth-order valence-electron chi connectivity index (χ4n) is 5.01. The quantitative estimate of drug-likeness (QED) is 0.232. The Morgan fingerprint density at radius 1 is 1.17 bits per heavy atom. The molecule has 0 aliphatic carbocycles. The lowest BCUT2D eigenvalue weighted by atomic mass is 10.2. The van der Waals surface area contributed by atoms with Crippen molar-refractivity contribution in [3.05, 3.63) is 69.6 Å². The lowest BCUT2D eigenvalue weighted by molar-refractivity contribution is -0.0592. The summed E-state index contributed by atoms with van der Waals surface area (Å²) in [6, 6.07) is 12.1. The van der Waals surface area contributed by atoms with Crippen molar-refractivity contribution in [3.63, 3.8) is 0 Å². The highest BCUT2D eigenvalue weighted by Gasteiger charge is 2.26. The van der Waals surface area contributed by atoms with Gasteiger partial charge in [-0.25, -0.2) is 14.2 Å². The second-order valence-corrected chi connectivity index (χ2v) is 11.5. The number of halogens is 2. The number of carbonyl (C=O) groups excluding carboxylic acids is 1. The first-order valence-corrected chi connectivity index (χ1v) is 14.9. The van der Waals surface area contributed by atoms with Crippen molar-refractivity contribution < 1.29 is 23.4 Å². The van der Waals surface area contributed by atoms with E-state index >= 15 is 0 Å². The minimum atomic E-state index is -0.398. The zero-order valence-electron chi connectivity index (χ0n) is 22.7. The van der Waals surface area contributed by atoms with Crippen LogP contribution in [0.3, 0.4) is 0 Å². The zero-order valence-corrected chi connectivity index (χ0v) is 24.3. The first kappa shape index (κ1) is 27.9. The summed E-state index contributed by atoms with van der Waals surface area (Å²) in [5.41, 5.74) is 1.39. The topological polar surface area (TPSA) is 82.0 Å². The van der Waals surface area contributed by atoms with Crippen LogP contribution in [0, 0.1) is 5.82 Å². The van der Waals surface area contributed by atoms with Gasteiger partial charge in [0.15, 0.2) is 0 Å². The molecule has 9 nitrogen and oxygen atoms in total. The largest absolute Gasteiger partial charge is 0.473 e. The Kier molecular flexibility index (Phi) is 8.38. The number of aromatic nitrogens is 3. The number of rotatable bonds is 10. The van der Waals surface area contributed by atoms with Crippen LogP contribution in [-0.4, -0.2) is 70.9 Å². The summed E-state index contributed by atoms with van der Waals surface area (Å²) in [5.74, 6) is 1.55. The average molecular weight is 600 g/mol. The lowest BCUT2D eigenvalue weighted by Gasteiger charge is -2.35. The summed E-state index contributed by atoms with van der Waals surface area (Å²) in [4.78, 5) is 27.9. The van der Waals surface area contributed by atoms with E-state index in [1.807, 2.05) is 18.2 Å². The first-order chi connectivity index (χ1) is 20.0. The molecule has 0 amide bonds.